The van der Waals surface area contributed by atoms with Crippen molar-refractivity contribution in [2.24, 2.45) is 0 Å². The predicted octanol–water partition coefficient (Wildman–Crippen LogP) is 2.16. The second-order valence-corrected chi connectivity index (χ2v) is 8.87. The molecule has 0 aliphatic rings. The molecule has 2 unspecified atom stereocenters. The van der Waals surface area contributed by atoms with Crippen LogP contribution < -0.4 is 29.6 Å². The number of rotatable bonds is 17. The molecule has 0 saturated heterocycles. The van der Waals surface area contributed by atoms with Gasteiger partial charge in [-0.3, -0.25) is 0 Å². The molecule has 0 saturated carbocycles. The van der Waals surface area contributed by atoms with Gasteiger partial charge in [-0.05, 0) is 26.2 Å². The van der Waals surface area contributed by atoms with Gasteiger partial charge in [-0.2, -0.15) is 0 Å². The van der Waals surface area contributed by atoms with Gasteiger partial charge in [-0.15, -0.1) is 0 Å². The summed E-state index contributed by atoms with van der Waals surface area (Å²) in [5.41, 5.74) is 0. The van der Waals surface area contributed by atoms with Gasteiger partial charge in [0.05, 0.1) is 16.2 Å². The van der Waals surface area contributed by atoms with Gasteiger partial charge in [0.25, 0.3) is 0 Å². The molecule has 0 heterocycles. The fraction of sp³-hybridized carbons (Fsp3) is 1.00. The molecule has 0 radical (unpaired) electrons. The minimum Gasteiger partial charge on any atom is -0.748 e. The third-order valence-corrected chi connectivity index (χ3v) is 5.97. The van der Waals surface area contributed by atoms with Gasteiger partial charge in [0.1, 0.15) is 0 Å². The molecule has 0 aromatic rings. The minimum atomic E-state index is -4.14. The maximum absolute atomic E-state index is 11.4. The quantitative estimate of drug-likeness (QED) is 0.236. The molecule has 0 aromatic heterocycles. The summed E-state index contributed by atoms with van der Waals surface area (Å²) in [6, 6.07) is 0. The van der Waals surface area contributed by atoms with Crippen LogP contribution in [0.4, 0.5) is 0 Å². The van der Waals surface area contributed by atoms with Crippen LogP contribution in [0.1, 0.15) is 110 Å². The van der Waals surface area contributed by atoms with Crippen molar-refractivity contribution in [1.29, 1.82) is 0 Å². The summed E-state index contributed by atoms with van der Waals surface area (Å²) in [5.74, 6) is 0. The Hall–Kier alpha value is 0.870. The van der Waals surface area contributed by atoms with Crippen LogP contribution in [-0.2, 0) is 10.1 Å². The van der Waals surface area contributed by atoms with E-state index in [4.69, 9.17) is 0 Å². The summed E-state index contributed by atoms with van der Waals surface area (Å²) in [6.45, 7) is 3.97. The third kappa shape index (κ3) is 19.4. The average molecular weight is 387 g/mol. The molecule has 0 aromatic carbocycles. The summed E-state index contributed by atoms with van der Waals surface area (Å²) in [7, 11) is -4.14. The average Bonchev–Trinajstić information content (AvgIpc) is 2.49. The first-order valence-corrected chi connectivity index (χ1v) is 11.5. The Morgan fingerprint density at radius 3 is 1.48 bits per heavy atom. The molecule has 2 atom stereocenters. The zero-order chi connectivity index (χ0) is 18.3. The zero-order valence-electron chi connectivity index (χ0n) is 16.8. The van der Waals surface area contributed by atoms with E-state index in [-0.39, 0.29) is 35.7 Å². The van der Waals surface area contributed by atoms with Gasteiger partial charge in [0, 0.05) is 5.25 Å². The number of hydrogen-bond acceptors (Lipinski definition) is 4. The Morgan fingerprint density at radius 1 is 0.760 bits per heavy atom. The molecular formula is C19H39NaO4S. The Kier molecular flexibility index (Phi) is 20.5. The molecular weight excluding hydrogens is 347 g/mol. The van der Waals surface area contributed by atoms with Crippen molar-refractivity contribution in [3.63, 3.8) is 0 Å². The molecule has 0 amide bonds. The van der Waals surface area contributed by atoms with E-state index in [9.17, 15) is 18.1 Å². The summed E-state index contributed by atoms with van der Waals surface area (Å²) in [6.07, 6.45) is 14.7. The van der Waals surface area contributed by atoms with Gasteiger partial charge in [-0.1, -0.05) is 84.0 Å². The molecule has 0 aliphatic heterocycles. The molecule has 0 bridgehead atoms. The molecule has 6 heteroatoms. The number of aliphatic hydroxyl groups is 1. The van der Waals surface area contributed by atoms with Crippen molar-refractivity contribution in [2.45, 2.75) is 122 Å². The largest absolute Gasteiger partial charge is 1.00 e. The van der Waals surface area contributed by atoms with E-state index < -0.39 is 15.4 Å². The molecule has 0 spiro atoms. The fourth-order valence-electron chi connectivity index (χ4n) is 3.10. The number of aliphatic hydroxyl groups excluding tert-OH is 1. The van der Waals surface area contributed by atoms with E-state index in [2.05, 4.69) is 6.92 Å². The van der Waals surface area contributed by atoms with Crippen molar-refractivity contribution < 1.29 is 47.6 Å². The van der Waals surface area contributed by atoms with Crippen molar-refractivity contribution in [1.82, 2.24) is 0 Å². The van der Waals surface area contributed by atoms with E-state index in [1.807, 2.05) is 6.92 Å². The molecule has 146 valence electrons. The van der Waals surface area contributed by atoms with Crippen molar-refractivity contribution >= 4 is 10.1 Å². The first kappa shape index (κ1) is 28.1. The van der Waals surface area contributed by atoms with E-state index in [0.717, 1.165) is 64.2 Å². The standard InChI is InChI=1S/C19H40O4S.Na/c1-3-4-5-9-13-16-19(24(21,22)23)17-14-11-8-6-7-10-12-15-18(2)20;/h18-20H,3-17H2,1-2H3,(H,21,22,23);/q;+1/p-1. The Morgan fingerprint density at radius 2 is 1.12 bits per heavy atom. The van der Waals surface area contributed by atoms with E-state index in [1.165, 1.54) is 19.3 Å². The normalized spacial score (nSPS) is 14.1. The van der Waals surface area contributed by atoms with Crippen LogP contribution in [0.5, 0.6) is 0 Å². The van der Waals surface area contributed by atoms with Crippen molar-refractivity contribution in [2.75, 3.05) is 0 Å². The number of unbranched alkanes of at least 4 members (excludes halogenated alkanes) is 10. The van der Waals surface area contributed by atoms with Crippen molar-refractivity contribution in [3.8, 4) is 0 Å². The van der Waals surface area contributed by atoms with Gasteiger partial charge in [0.2, 0.25) is 0 Å². The number of hydrogen-bond donors (Lipinski definition) is 1. The van der Waals surface area contributed by atoms with Crippen LogP contribution >= 0.6 is 0 Å². The predicted molar refractivity (Wildman–Crippen MR) is 100 cm³/mol. The maximum atomic E-state index is 11.4. The van der Waals surface area contributed by atoms with E-state index in [0.29, 0.717) is 12.8 Å². The molecule has 4 nitrogen and oxygen atoms in total. The van der Waals surface area contributed by atoms with Crippen LogP contribution in [0.2, 0.25) is 0 Å². The first-order chi connectivity index (χ1) is 11.4. The van der Waals surface area contributed by atoms with Gasteiger partial charge in [-0.25, -0.2) is 8.42 Å². The fourth-order valence-corrected chi connectivity index (χ4v) is 4.01. The van der Waals surface area contributed by atoms with E-state index >= 15 is 0 Å². The summed E-state index contributed by atoms with van der Waals surface area (Å²) in [4.78, 5) is 0. The smallest absolute Gasteiger partial charge is 0.748 e. The Bertz CT molecular complexity index is 372. The molecule has 25 heavy (non-hydrogen) atoms. The van der Waals surface area contributed by atoms with Crippen LogP contribution in [-0.4, -0.2) is 29.4 Å². The maximum Gasteiger partial charge on any atom is 1.00 e. The summed E-state index contributed by atoms with van der Waals surface area (Å²) < 4.78 is 34.1. The zero-order valence-corrected chi connectivity index (χ0v) is 19.7. The summed E-state index contributed by atoms with van der Waals surface area (Å²) >= 11 is 0. The molecule has 0 fully saturated rings. The molecule has 0 rings (SSSR count). The summed E-state index contributed by atoms with van der Waals surface area (Å²) in [5, 5.41) is 8.50. The molecule has 0 aliphatic carbocycles. The van der Waals surface area contributed by atoms with E-state index in [1.54, 1.807) is 0 Å². The van der Waals surface area contributed by atoms with Gasteiger partial charge in [0.15, 0.2) is 0 Å². The monoisotopic (exact) mass is 386 g/mol. The van der Waals surface area contributed by atoms with Crippen LogP contribution in [0.25, 0.3) is 0 Å². The Labute approximate surface area is 178 Å². The third-order valence-electron chi connectivity index (χ3n) is 4.69. The van der Waals surface area contributed by atoms with Gasteiger partial charge < -0.3 is 9.66 Å². The molecule has 1 N–H and O–H groups in total. The second-order valence-electron chi connectivity index (χ2n) is 7.22. The SMILES string of the molecule is CCCCCCCC(CCCCCCCCCC(C)O)S(=O)(=O)[O-].[Na+]. The second kappa shape index (κ2) is 18.2. The Balaban J connectivity index is 0. The van der Waals surface area contributed by atoms with Crippen LogP contribution in [0, 0.1) is 0 Å². The minimum absolute atomic E-state index is 0. The van der Waals surface area contributed by atoms with Crippen molar-refractivity contribution in [3.05, 3.63) is 0 Å². The first-order valence-electron chi connectivity index (χ1n) is 10.0. The van der Waals surface area contributed by atoms with Gasteiger partial charge >= 0.3 is 29.6 Å². The van der Waals surface area contributed by atoms with Crippen LogP contribution in [0.3, 0.4) is 0 Å². The van der Waals surface area contributed by atoms with Crippen LogP contribution in [0.15, 0.2) is 0 Å². The topological polar surface area (TPSA) is 77.4 Å².